The summed E-state index contributed by atoms with van der Waals surface area (Å²) < 4.78 is 15.9. The Kier molecular flexibility index (Phi) is 6.39. The summed E-state index contributed by atoms with van der Waals surface area (Å²) in [7, 11) is 2.90. The molecule has 2 aliphatic heterocycles. The van der Waals surface area contributed by atoms with E-state index >= 15 is 0 Å². The number of aromatic carboxylic acids is 1. The highest BCUT2D eigenvalue weighted by Crippen LogP contribution is 2.43. The number of carboxylic acid groups (broad SMARTS) is 1. The smallest absolute Gasteiger partial charge is 0.343 e. The van der Waals surface area contributed by atoms with E-state index in [1.807, 2.05) is 0 Å². The van der Waals surface area contributed by atoms with Crippen LogP contribution in [0.2, 0.25) is 0 Å². The maximum absolute atomic E-state index is 12.7. The van der Waals surface area contributed by atoms with Crippen molar-refractivity contribution in [1.82, 2.24) is 0 Å². The lowest BCUT2D eigenvalue weighted by molar-refractivity contribution is -0.118. The average molecular weight is 454 g/mol. The summed E-state index contributed by atoms with van der Waals surface area (Å²) in [5, 5.41) is 12.4. The fraction of sp³-hybridized carbons (Fsp3) is 0.375. The molecule has 33 heavy (non-hydrogen) atoms. The molecular formula is C24H26N2O7. The highest BCUT2D eigenvalue weighted by Gasteiger charge is 2.37. The topological polar surface area (TPSA) is 114 Å². The molecule has 0 radical (unpaired) electrons. The number of nitrogens with zero attached hydrogens (tertiary/aromatic N) is 1. The number of benzene rings is 2. The number of anilines is 2. The van der Waals surface area contributed by atoms with Crippen LogP contribution in [0.1, 0.15) is 58.1 Å². The number of rotatable bonds is 7. The largest absolute Gasteiger partial charge is 0.493 e. The summed E-state index contributed by atoms with van der Waals surface area (Å²) in [6, 6.07) is 8.22. The Labute approximate surface area is 191 Å². The van der Waals surface area contributed by atoms with Gasteiger partial charge in [-0.25, -0.2) is 9.59 Å². The van der Waals surface area contributed by atoms with Gasteiger partial charge < -0.3 is 29.5 Å². The van der Waals surface area contributed by atoms with Crippen LogP contribution in [-0.2, 0) is 9.53 Å². The van der Waals surface area contributed by atoms with Crippen molar-refractivity contribution in [3.05, 3.63) is 47.0 Å². The molecule has 0 aliphatic carbocycles. The number of cyclic esters (lactones) is 1. The fourth-order valence-electron chi connectivity index (χ4n) is 4.40. The Hall–Kier alpha value is -3.75. The summed E-state index contributed by atoms with van der Waals surface area (Å²) in [5.41, 5.74) is 1.95. The molecule has 2 aromatic carbocycles. The number of methoxy groups -OCH3 is 2. The monoisotopic (exact) mass is 454 g/mol. The Morgan fingerprint density at radius 2 is 1.88 bits per heavy atom. The van der Waals surface area contributed by atoms with E-state index in [0.29, 0.717) is 22.7 Å². The highest BCUT2D eigenvalue weighted by molar-refractivity contribution is 6.00. The van der Waals surface area contributed by atoms with Gasteiger partial charge in [-0.1, -0.05) is 6.07 Å². The van der Waals surface area contributed by atoms with Gasteiger partial charge in [0.25, 0.3) is 0 Å². The first-order chi connectivity index (χ1) is 15.9. The quantitative estimate of drug-likeness (QED) is 0.610. The van der Waals surface area contributed by atoms with E-state index in [0.717, 1.165) is 32.4 Å². The van der Waals surface area contributed by atoms with Gasteiger partial charge in [0.15, 0.2) is 11.5 Å². The number of carbonyl (C=O) groups is 3. The van der Waals surface area contributed by atoms with Gasteiger partial charge in [0, 0.05) is 24.3 Å². The molecule has 0 spiro atoms. The van der Waals surface area contributed by atoms with Crippen molar-refractivity contribution < 1.29 is 33.7 Å². The zero-order chi connectivity index (χ0) is 23.5. The van der Waals surface area contributed by atoms with E-state index < -0.39 is 23.9 Å². The molecule has 9 nitrogen and oxygen atoms in total. The number of nitrogens with one attached hydrogen (secondary N) is 1. The number of esters is 1. The first-order valence-electron chi connectivity index (χ1n) is 10.8. The molecule has 1 saturated heterocycles. The third-order valence-corrected chi connectivity index (χ3v) is 5.96. The molecule has 2 aliphatic rings. The molecular weight excluding hydrogens is 428 g/mol. The van der Waals surface area contributed by atoms with Crippen molar-refractivity contribution in [3.63, 3.8) is 0 Å². The zero-order valence-electron chi connectivity index (χ0n) is 18.6. The molecule has 4 rings (SSSR count). The van der Waals surface area contributed by atoms with Crippen molar-refractivity contribution in [2.24, 2.45) is 0 Å². The lowest BCUT2D eigenvalue weighted by atomic mass is 10.0. The number of piperidine rings is 1. The van der Waals surface area contributed by atoms with Crippen LogP contribution < -0.4 is 19.7 Å². The Bertz CT molecular complexity index is 1090. The van der Waals surface area contributed by atoms with Crippen molar-refractivity contribution in [2.75, 3.05) is 37.5 Å². The summed E-state index contributed by atoms with van der Waals surface area (Å²) in [4.78, 5) is 39.0. The van der Waals surface area contributed by atoms with E-state index in [1.165, 1.54) is 20.3 Å². The Morgan fingerprint density at radius 1 is 1.12 bits per heavy atom. The average Bonchev–Trinajstić information content (AvgIpc) is 3.13. The molecule has 0 unspecified atom stereocenters. The molecule has 174 valence electrons. The molecule has 1 atom stereocenters. The zero-order valence-corrected chi connectivity index (χ0v) is 18.6. The predicted octanol–water partition coefficient (Wildman–Crippen LogP) is 3.63. The Morgan fingerprint density at radius 3 is 2.55 bits per heavy atom. The molecule has 1 amide bonds. The van der Waals surface area contributed by atoms with Gasteiger partial charge in [0.1, 0.15) is 11.7 Å². The summed E-state index contributed by atoms with van der Waals surface area (Å²) in [6.45, 7) is 1.62. The summed E-state index contributed by atoms with van der Waals surface area (Å²) in [5.74, 6) is -1.38. The standard InChI is InChI=1S/C24H26N2O7/c1-31-18-9-7-15-19(33-24(30)21(15)22(18)32-2)13-20(27)25-14-6-8-17(16(12-14)23(28)29)26-10-4-3-5-11-26/h6-9,12,19H,3-5,10-11,13H2,1-2H3,(H,25,27)(H,28,29)/t19-/m1/s1. The number of hydrogen-bond donors (Lipinski definition) is 2. The number of carbonyl (C=O) groups excluding carboxylic acids is 2. The van der Waals surface area contributed by atoms with Gasteiger partial charge >= 0.3 is 11.9 Å². The van der Waals surface area contributed by atoms with Crippen LogP contribution in [0, 0.1) is 0 Å². The first-order valence-corrected chi connectivity index (χ1v) is 10.8. The third-order valence-electron chi connectivity index (χ3n) is 5.96. The SMILES string of the molecule is COc1ccc2c(c1OC)C(=O)O[C@@H]2CC(=O)Nc1ccc(N2CCCCC2)c(C(=O)O)c1. The molecule has 0 saturated carbocycles. The van der Waals surface area contributed by atoms with E-state index in [2.05, 4.69) is 10.2 Å². The normalized spacial score (nSPS) is 17.2. The number of carboxylic acids is 1. The van der Waals surface area contributed by atoms with Crippen LogP contribution in [0.25, 0.3) is 0 Å². The van der Waals surface area contributed by atoms with Gasteiger partial charge in [0.05, 0.1) is 31.9 Å². The maximum Gasteiger partial charge on any atom is 0.343 e. The number of ether oxygens (including phenoxy) is 3. The van der Waals surface area contributed by atoms with Crippen LogP contribution >= 0.6 is 0 Å². The van der Waals surface area contributed by atoms with Gasteiger partial charge in [-0.05, 0) is 43.5 Å². The van der Waals surface area contributed by atoms with Crippen LogP contribution in [0.15, 0.2) is 30.3 Å². The molecule has 9 heteroatoms. The molecule has 0 aromatic heterocycles. The van der Waals surface area contributed by atoms with Crippen molar-refractivity contribution in [3.8, 4) is 11.5 Å². The van der Waals surface area contributed by atoms with Crippen LogP contribution in [0.4, 0.5) is 11.4 Å². The van der Waals surface area contributed by atoms with E-state index in [1.54, 1.807) is 24.3 Å². The second kappa shape index (κ2) is 9.40. The fourth-order valence-corrected chi connectivity index (χ4v) is 4.40. The molecule has 1 fully saturated rings. The molecule has 0 bridgehead atoms. The predicted molar refractivity (Wildman–Crippen MR) is 120 cm³/mol. The minimum absolute atomic E-state index is 0.121. The van der Waals surface area contributed by atoms with E-state index in [9.17, 15) is 19.5 Å². The maximum atomic E-state index is 12.7. The lowest BCUT2D eigenvalue weighted by Gasteiger charge is -2.30. The van der Waals surface area contributed by atoms with E-state index in [-0.39, 0.29) is 23.3 Å². The third kappa shape index (κ3) is 4.44. The van der Waals surface area contributed by atoms with Crippen molar-refractivity contribution >= 4 is 29.2 Å². The van der Waals surface area contributed by atoms with Crippen LogP contribution in [-0.4, -0.2) is 50.3 Å². The molecule has 2 aromatic rings. The summed E-state index contributed by atoms with van der Waals surface area (Å²) >= 11 is 0. The number of fused-ring (bicyclic) bond motifs is 1. The minimum atomic E-state index is -1.05. The van der Waals surface area contributed by atoms with Gasteiger partial charge in [-0.15, -0.1) is 0 Å². The molecule has 2 heterocycles. The van der Waals surface area contributed by atoms with Crippen LogP contribution in [0.5, 0.6) is 11.5 Å². The van der Waals surface area contributed by atoms with Gasteiger partial charge in [-0.2, -0.15) is 0 Å². The van der Waals surface area contributed by atoms with Crippen molar-refractivity contribution in [2.45, 2.75) is 31.8 Å². The second-order valence-electron chi connectivity index (χ2n) is 8.00. The van der Waals surface area contributed by atoms with Crippen LogP contribution in [0.3, 0.4) is 0 Å². The van der Waals surface area contributed by atoms with E-state index in [4.69, 9.17) is 14.2 Å². The first kappa shape index (κ1) is 22.4. The summed E-state index contributed by atoms with van der Waals surface area (Å²) in [6.07, 6.45) is 2.29. The van der Waals surface area contributed by atoms with Gasteiger partial charge in [-0.3, -0.25) is 4.79 Å². The number of hydrogen-bond acceptors (Lipinski definition) is 7. The van der Waals surface area contributed by atoms with Crippen molar-refractivity contribution in [1.29, 1.82) is 0 Å². The number of amides is 1. The second-order valence-corrected chi connectivity index (χ2v) is 8.00. The lowest BCUT2D eigenvalue weighted by Crippen LogP contribution is -2.30. The highest BCUT2D eigenvalue weighted by atomic mass is 16.6. The molecule has 2 N–H and O–H groups in total. The Balaban J connectivity index is 1.50. The van der Waals surface area contributed by atoms with Gasteiger partial charge in [0.2, 0.25) is 5.91 Å². The minimum Gasteiger partial charge on any atom is -0.493 e.